The van der Waals surface area contributed by atoms with E-state index in [4.69, 9.17) is 48.8 Å². The number of aryl methyl sites for hydroxylation is 4. The molecule has 0 saturated carbocycles. The molecule has 0 spiro atoms. The van der Waals surface area contributed by atoms with Crippen LogP contribution in [-0.4, -0.2) is 59.7 Å². The van der Waals surface area contributed by atoms with Gasteiger partial charge >= 0.3 is 12.4 Å². The Bertz CT molecular complexity index is 5190. The number of fused-ring (bicyclic) bond motifs is 2. The predicted molar refractivity (Wildman–Crippen MR) is 432 cm³/mol. The van der Waals surface area contributed by atoms with Gasteiger partial charge in [-0.3, -0.25) is 0 Å². The van der Waals surface area contributed by atoms with Crippen molar-refractivity contribution in [2.75, 3.05) is 49.4 Å². The van der Waals surface area contributed by atoms with Crippen molar-refractivity contribution >= 4 is 56.2 Å². The molecule has 0 unspecified atom stereocenters. The number of halogens is 6. The van der Waals surface area contributed by atoms with E-state index in [0.717, 1.165) is 80.6 Å². The van der Waals surface area contributed by atoms with Crippen molar-refractivity contribution < 1.29 is 59.6 Å². The van der Waals surface area contributed by atoms with Crippen molar-refractivity contribution in [3.63, 3.8) is 0 Å². The quantitative estimate of drug-likeness (QED) is 0.0314. The highest BCUT2D eigenvalue weighted by atomic mass is 19.4. The summed E-state index contributed by atoms with van der Waals surface area (Å²) in [5, 5.41) is 22.4. The molecule has 15 rings (SSSR count). The van der Waals surface area contributed by atoms with Gasteiger partial charge in [0, 0.05) is 56.3 Å². The molecule has 0 aliphatic carbocycles. The Labute approximate surface area is 656 Å². The van der Waals surface area contributed by atoms with Crippen LogP contribution in [0.25, 0.3) is 44.3 Å². The fraction of sp³-hybridized carbons (Fsp3) is 0.170. The molecular weight excluding hydrogens is 1450 g/mol. The highest BCUT2D eigenvalue weighted by Gasteiger charge is 2.42. The van der Waals surface area contributed by atoms with Crippen molar-refractivity contribution in [2.24, 2.45) is 10.8 Å². The molecule has 15 aromatic rings. The lowest BCUT2D eigenvalue weighted by atomic mass is 9.91. The lowest BCUT2D eigenvalue weighted by Gasteiger charge is -2.33. The molecule has 114 heavy (non-hydrogen) atoms. The van der Waals surface area contributed by atoms with E-state index in [1.54, 1.807) is 9.59 Å². The van der Waals surface area contributed by atoms with E-state index < -0.39 is 34.3 Å². The van der Waals surface area contributed by atoms with Crippen LogP contribution in [0.5, 0.6) is 34.5 Å². The van der Waals surface area contributed by atoms with E-state index in [9.17, 15) is 26.3 Å². The Morgan fingerprint density at radius 2 is 0.623 bits per heavy atom. The minimum absolute atomic E-state index is 0.0366. The number of rotatable bonds is 30. The second-order valence-corrected chi connectivity index (χ2v) is 28.8. The van der Waals surface area contributed by atoms with Gasteiger partial charge in [-0.2, -0.15) is 56.3 Å². The molecule has 20 heteroatoms. The van der Waals surface area contributed by atoms with Crippen molar-refractivity contribution in [3.05, 3.63) is 349 Å². The summed E-state index contributed by atoms with van der Waals surface area (Å²) in [5.41, 5.74) is 8.52. The van der Waals surface area contributed by atoms with Gasteiger partial charge in [0.1, 0.15) is 90.6 Å². The molecule has 0 aliphatic rings. The van der Waals surface area contributed by atoms with Crippen molar-refractivity contribution in [2.45, 2.75) is 53.1 Å². The second-order valence-electron chi connectivity index (χ2n) is 28.8. The van der Waals surface area contributed by atoms with E-state index in [0.29, 0.717) is 67.3 Å². The predicted octanol–water partition coefficient (Wildman–Crippen LogP) is 22.2. The van der Waals surface area contributed by atoms with Crippen LogP contribution in [0.3, 0.4) is 0 Å². The monoisotopic (exact) mass is 1530 g/mol. The molecule has 0 N–H and O–H groups in total. The first kappa shape index (κ1) is 76.0. The lowest BCUT2D eigenvalue weighted by Crippen LogP contribution is -2.55. The molecule has 2 heterocycles. The van der Waals surface area contributed by atoms with Gasteiger partial charge in [0.2, 0.25) is 0 Å². The van der Waals surface area contributed by atoms with Crippen molar-refractivity contribution in [3.8, 4) is 56.8 Å². The summed E-state index contributed by atoms with van der Waals surface area (Å²) < 4.78 is 128. The van der Waals surface area contributed by atoms with Gasteiger partial charge < -0.3 is 38.2 Å². The van der Waals surface area contributed by atoms with Gasteiger partial charge in [-0.15, -0.1) is 0 Å². The number of para-hydroxylation sites is 4. The SMILES string of the molecule is Cc1cccc(OCC(COc2cccc(C)c2)(COc2cccc(C(F)(F)F)c2)Cn2nc3c(-c4ccc(N(c5ccccc5)c5ccccc5)cc4)c4n[n+](CC(COc5cccc(C)c5)(COc5cccc(C)c5)COc5cccc(C(F)(F)F)c5)[n-]c4c(-c4ccc(N(c5ccccc5)c5ccccc5)cc4)c3n2)c1. The van der Waals surface area contributed by atoms with Crippen LogP contribution in [-0.2, 0) is 25.4 Å². The standard InChI is InChI=1S/C94H80F6N8O6/c1-65-23-17-37-79(51-65)109-59-91(60-110-80-38-18-24-66(2)52-80,63-113-83-41-21-27-71(55-83)93(95,96)97)57-105-101-87-85(69-43-47-77(48-44-69)107(73-29-9-5-10-30-73)74-31-11-6-12-32-74)89-90(86(88(87)102-105)70-45-49-78(50-46-70)108(75-33-13-7-14-34-75)76-35-15-8-16-36-76)104-106(103-89)58-92(61-111-81-39-19-25-67(3)53-81,62-112-82-40-20-26-68(4)54-82)64-114-84-42-22-28-72(56-84)94(98,99)100/h5-56H,57-64H2,1-4H3. The van der Waals surface area contributed by atoms with E-state index >= 15 is 0 Å². The normalized spacial score (nSPS) is 11.9. The number of benzene rings is 13. The fourth-order valence-corrected chi connectivity index (χ4v) is 13.9. The highest BCUT2D eigenvalue weighted by molar-refractivity contribution is 6.16. The zero-order valence-corrected chi connectivity index (χ0v) is 63.0. The number of aromatic nitrogens is 6. The molecular formula is C94H80F6N8O6. The summed E-state index contributed by atoms with van der Waals surface area (Å²) in [6, 6.07) is 96.0. The van der Waals surface area contributed by atoms with Gasteiger partial charge in [0.25, 0.3) is 0 Å². The number of alkyl halides is 6. The smallest absolute Gasteiger partial charge is 0.416 e. The average molecular weight is 1530 g/mol. The first-order valence-electron chi connectivity index (χ1n) is 37.3. The topological polar surface area (TPSA) is 123 Å². The zero-order valence-electron chi connectivity index (χ0n) is 63.0. The van der Waals surface area contributed by atoms with E-state index in [2.05, 4.69) is 9.80 Å². The van der Waals surface area contributed by atoms with E-state index in [1.165, 1.54) is 24.3 Å². The summed E-state index contributed by atoms with van der Waals surface area (Å²) in [6.45, 7) is 6.60. The minimum atomic E-state index is -4.67. The summed E-state index contributed by atoms with van der Waals surface area (Å²) in [4.78, 5) is 7.45. The first-order chi connectivity index (χ1) is 55.2. The van der Waals surface area contributed by atoms with E-state index in [-0.39, 0.29) is 64.2 Å². The van der Waals surface area contributed by atoms with Gasteiger partial charge in [-0.1, -0.05) is 158 Å². The Kier molecular flexibility index (Phi) is 22.2. The Hall–Kier alpha value is -13.4. The maximum absolute atomic E-state index is 14.5. The third-order valence-electron chi connectivity index (χ3n) is 19.6. The maximum atomic E-state index is 14.5. The Morgan fingerprint density at radius 1 is 0.325 bits per heavy atom. The van der Waals surface area contributed by atoms with Crippen LogP contribution in [0, 0.1) is 38.5 Å². The molecule has 0 bridgehead atoms. The maximum Gasteiger partial charge on any atom is 0.416 e. The third-order valence-corrected chi connectivity index (χ3v) is 19.6. The molecule has 14 nitrogen and oxygen atoms in total. The molecule has 0 fully saturated rings. The minimum Gasteiger partial charge on any atom is -0.493 e. The number of anilines is 6. The second kappa shape index (κ2) is 33.3. The first-order valence-corrected chi connectivity index (χ1v) is 37.3. The third kappa shape index (κ3) is 18.0. The van der Waals surface area contributed by atoms with Gasteiger partial charge in [0.05, 0.1) is 23.1 Å². The van der Waals surface area contributed by atoms with Crippen LogP contribution in [0.15, 0.2) is 315 Å². The van der Waals surface area contributed by atoms with Crippen LogP contribution >= 0.6 is 0 Å². The number of ether oxygens (including phenoxy) is 6. The molecule has 2 aromatic heterocycles. The fourth-order valence-electron chi connectivity index (χ4n) is 13.9. The largest absolute Gasteiger partial charge is 0.493 e. The van der Waals surface area contributed by atoms with Crippen LogP contribution in [0.4, 0.5) is 60.5 Å². The van der Waals surface area contributed by atoms with Gasteiger partial charge in [-0.05, 0) is 219 Å². The molecule has 0 radical (unpaired) electrons. The van der Waals surface area contributed by atoms with Crippen molar-refractivity contribution in [1.82, 2.24) is 25.2 Å². The molecule has 0 amide bonds. The molecule has 574 valence electrons. The summed E-state index contributed by atoms with van der Waals surface area (Å²) in [5.74, 6) is 2.03. The molecule has 0 saturated heterocycles. The molecule has 0 atom stereocenters. The Balaban J connectivity index is 0.965. The average Bonchev–Trinajstić information content (AvgIpc) is 1.55. The van der Waals surface area contributed by atoms with E-state index in [1.807, 2.05) is 295 Å². The van der Waals surface area contributed by atoms with Crippen LogP contribution in [0.2, 0.25) is 0 Å². The van der Waals surface area contributed by atoms with Gasteiger partial charge in [0.15, 0.2) is 6.54 Å². The lowest BCUT2D eigenvalue weighted by molar-refractivity contribution is -0.814. The van der Waals surface area contributed by atoms with Crippen LogP contribution < -0.4 is 48.1 Å². The summed E-state index contributed by atoms with van der Waals surface area (Å²) in [7, 11) is 0. The molecule has 0 aliphatic heterocycles. The number of hydrogen-bond donors (Lipinski definition) is 0. The van der Waals surface area contributed by atoms with Crippen molar-refractivity contribution in [1.29, 1.82) is 0 Å². The van der Waals surface area contributed by atoms with Gasteiger partial charge in [-0.25, -0.2) is 0 Å². The van der Waals surface area contributed by atoms with Crippen LogP contribution in [0.1, 0.15) is 33.4 Å². The highest BCUT2D eigenvalue weighted by Crippen LogP contribution is 2.45. The zero-order chi connectivity index (χ0) is 78.8. The summed E-state index contributed by atoms with van der Waals surface area (Å²) >= 11 is 0. The molecule has 13 aromatic carbocycles. The number of hydrogen-bond acceptors (Lipinski definition) is 11. The number of nitrogens with zero attached hydrogens (tertiary/aromatic N) is 8. The Morgan fingerprint density at radius 3 is 0.956 bits per heavy atom. The summed E-state index contributed by atoms with van der Waals surface area (Å²) in [6.07, 6.45) is -9.34.